The molecule has 2 aromatic rings. The maximum absolute atomic E-state index is 5.36. The summed E-state index contributed by atoms with van der Waals surface area (Å²) in [7, 11) is 3.68. The van der Waals surface area contributed by atoms with Crippen LogP contribution < -0.4 is 10.1 Å². The summed E-state index contributed by atoms with van der Waals surface area (Å²) >= 11 is 6.95. The number of thiophene rings is 2. The van der Waals surface area contributed by atoms with Crippen LogP contribution in [0.25, 0.3) is 0 Å². The van der Waals surface area contributed by atoms with E-state index in [0.29, 0.717) is 0 Å². The molecule has 0 saturated carbocycles. The van der Waals surface area contributed by atoms with Crippen molar-refractivity contribution < 1.29 is 4.74 Å². The fourth-order valence-corrected chi connectivity index (χ4v) is 4.18. The van der Waals surface area contributed by atoms with Gasteiger partial charge in [0.05, 0.1) is 21.8 Å². The first-order valence-corrected chi connectivity index (χ1v) is 7.29. The first kappa shape index (κ1) is 12.1. The second-order valence-corrected chi connectivity index (χ2v) is 6.66. The van der Waals surface area contributed by atoms with Crippen molar-refractivity contribution in [1.82, 2.24) is 5.32 Å². The minimum absolute atomic E-state index is 0.214. The molecular weight excluding hydrogens is 306 g/mol. The average molecular weight is 318 g/mol. The van der Waals surface area contributed by atoms with Gasteiger partial charge in [0.1, 0.15) is 5.75 Å². The van der Waals surface area contributed by atoms with Gasteiger partial charge >= 0.3 is 0 Å². The van der Waals surface area contributed by atoms with Crippen LogP contribution in [0.2, 0.25) is 0 Å². The van der Waals surface area contributed by atoms with E-state index in [2.05, 4.69) is 38.8 Å². The summed E-state index contributed by atoms with van der Waals surface area (Å²) in [5, 5.41) is 5.39. The fraction of sp³-hybridized carbons (Fsp3) is 0.273. The third-order valence-corrected chi connectivity index (χ3v) is 4.96. The van der Waals surface area contributed by atoms with E-state index in [1.807, 2.05) is 13.1 Å². The maximum atomic E-state index is 5.36. The number of hydrogen-bond donors (Lipinski definition) is 1. The lowest BCUT2D eigenvalue weighted by Crippen LogP contribution is -2.15. The van der Waals surface area contributed by atoms with Gasteiger partial charge in [-0.2, -0.15) is 0 Å². The van der Waals surface area contributed by atoms with E-state index in [0.717, 1.165) is 9.54 Å². The quantitative estimate of drug-likeness (QED) is 0.923. The van der Waals surface area contributed by atoms with E-state index in [-0.39, 0.29) is 6.04 Å². The molecule has 0 fully saturated rings. The molecule has 86 valence electrons. The van der Waals surface area contributed by atoms with E-state index >= 15 is 0 Å². The molecule has 2 rings (SSSR count). The molecule has 2 aromatic heterocycles. The third kappa shape index (κ3) is 2.32. The normalized spacial score (nSPS) is 12.7. The van der Waals surface area contributed by atoms with Crippen molar-refractivity contribution in [1.29, 1.82) is 0 Å². The van der Waals surface area contributed by atoms with Gasteiger partial charge in [0.25, 0.3) is 0 Å². The molecule has 0 aliphatic carbocycles. The zero-order valence-electron chi connectivity index (χ0n) is 8.99. The molecule has 1 N–H and O–H groups in total. The molecule has 0 aromatic carbocycles. The van der Waals surface area contributed by atoms with Gasteiger partial charge in [0, 0.05) is 4.88 Å². The minimum Gasteiger partial charge on any atom is -0.496 e. The van der Waals surface area contributed by atoms with E-state index < -0.39 is 0 Å². The van der Waals surface area contributed by atoms with Crippen LogP contribution in [0.3, 0.4) is 0 Å². The molecule has 0 bridgehead atoms. The Bertz CT molecular complexity index is 466. The van der Waals surface area contributed by atoms with Gasteiger partial charge in [-0.3, -0.25) is 0 Å². The third-order valence-electron chi connectivity index (χ3n) is 2.31. The number of hydrogen-bond acceptors (Lipinski definition) is 4. The monoisotopic (exact) mass is 317 g/mol. The summed E-state index contributed by atoms with van der Waals surface area (Å²) in [6.07, 6.45) is 0. The Labute approximate surface area is 111 Å². The van der Waals surface area contributed by atoms with Crippen molar-refractivity contribution in [2.75, 3.05) is 14.2 Å². The highest BCUT2D eigenvalue weighted by molar-refractivity contribution is 9.11. The second-order valence-electron chi connectivity index (χ2n) is 3.22. The number of rotatable bonds is 4. The first-order chi connectivity index (χ1) is 7.76. The fourth-order valence-electron chi connectivity index (χ4n) is 1.57. The van der Waals surface area contributed by atoms with Gasteiger partial charge in [-0.1, -0.05) is 0 Å². The van der Waals surface area contributed by atoms with Crippen LogP contribution in [-0.2, 0) is 0 Å². The lowest BCUT2D eigenvalue weighted by atomic mass is 10.2. The predicted molar refractivity (Wildman–Crippen MR) is 73.8 cm³/mol. The largest absolute Gasteiger partial charge is 0.496 e. The molecule has 16 heavy (non-hydrogen) atoms. The lowest BCUT2D eigenvalue weighted by Gasteiger charge is -2.14. The predicted octanol–water partition coefficient (Wildman–Crippen LogP) is 3.89. The Balaban J connectivity index is 2.36. The van der Waals surface area contributed by atoms with Gasteiger partial charge in [-0.05, 0) is 46.6 Å². The van der Waals surface area contributed by atoms with E-state index in [1.54, 1.807) is 29.8 Å². The van der Waals surface area contributed by atoms with Crippen LogP contribution >= 0.6 is 38.6 Å². The molecule has 2 nitrogen and oxygen atoms in total. The van der Waals surface area contributed by atoms with Gasteiger partial charge < -0.3 is 10.1 Å². The molecular formula is C11H12BrNOS2. The highest BCUT2D eigenvalue weighted by Crippen LogP contribution is 2.38. The van der Waals surface area contributed by atoms with Crippen molar-refractivity contribution in [3.63, 3.8) is 0 Å². The van der Waals surface area contributed by atoms with Crippen LogP contribution in [0.15, 0.2) is 27.4 Å². The van der Waals surface area contributed by atoms with Crippen LogP contribution in [0, 0.1) is 0 Å². The lowest BCUT2D eigenvalue weighted by molar-refractivity contribution is 0.409. The molecule has 5 heteroatoms. The minimum atomic E-state index is 0.214. The van der Waals surface area contributed by atoms with Crippen LogP contribution in [-0.4, -0.2) is 14.2 Å². The Kier molecular flexibility index (Phi) is 4.02. The molecule has 0 spiro atoms. The zero-order valence-corrected chi connectivity index (χ0v) is 12.2. The summed E-state index contributed by atoms with van der Waals surface area (Å²) in [4.78, 5) is 2.51. The zero-order chi connectivity index (χ0) is 11.5. The molecule has 0 saturated heterocycles. The molecule has 2 heterocycles. The maximum Gasteiger partial charge on any atom is 0.134 e. The number of nitrogens with one attached hydrogen (secondary N) is 1. The SMILES string of the molecule is CNC(c1ccc(Br)s1)c1sccc1OC. The summed E-state index contributed by atoms with van der Waals surface area (Å²) in [6.45, 7) is 0. The topological polar surface area (TPSA) is 21.3 Å². The molecule has 0 amide bonds. The summed E-state index contributed by atoms with van der Waals surface area (Å²) in [5.74, 6) is 0.953. The molecule has 1 unspecified atom stereocenters. The molecule has 1 atom stereocenters. The summed E-state index contributed by atoms with van der Waals surface area (Å²) in [6, 6.07) is 6.43. The standard InChI is InChI=1S/C11H12BrNOS2/c1-13-10(8-3-4-9(12)16-8)11-7(14-2)5-6-15-11/h3-6,10,13H,1-2H3. The highest BCUT2D eigenvalue weighted by Gasteiger charge is 2.19. The second kappa shape index (κ2) is 5.31. The Morgan fingerprint density at radius 1 is 1.38 bits per heavy atom. The van der Waals surface area contributed by atoms with E-state index in [1.165, 1.54) is 9.75 Å². The van der Waals surface area contributed by atoms with Crippen molar-refractivity contribution in [3.05, 3.63) is 37.1 Å². The smallest absolute Gasteiger partial charge is 0.134 e. The van der Waals surface area contributed by atoms with Crippen molar-refractivity contribution in [2.45, 2.75) is 6.04 Å². The Morgan fingerprint density at radius 3 is 2.75 bits per heavy atom. The Morgan fingerprint density at radius 2 is 2.19 bits per heavy atom. The summed E-state index contributed by atoms with van der Waals surface area (Å²) in [5.41, 5.74) is 0. The number of methoxy groups -OCH3 is 1. The van der Waals surface area contributed by atoms with Crippen molar-refractivity contribution in [3.8, 4) is 5.75 Å². The van der Waals surface area contributed by atoms with Gasteiger partial charge in [0.2, 0.25) is 0 Å². The van der Waals surface area contributed by atoms with Crippen LogP contribution in [0.1, 0.15) is 15.8 Å². The van der Waals surface area contributed by atoms with E-state index in [4.69, 9.17) is 4.74 Å². The van der Waals surface area contributed by atoms with Crippen molar-refractivity contribution in [2.24, 2.45) is 0 Å². The van der Waals surface area contributed by atoms with Gasteiger partial charge in [-0.15, -0.1) is 22.7 Å². The molecule has 0 radical (unpaired) electrons. The van der Waals surface area contributed by atoms with Crippen LogP contribution in [0.5, 0.6) is 5.75 Å². The van der Waals surface area contributed by atoms with Gasteiger partial charge in [-0.25, -0.2) is 0 Å². The first-order valence-electron chi connectivity index (χ1n) is 4.80. The van der Waals surface area contributed by atoms with Crippen LogP contribution in [0.4, 0.5) is 0 Å². The average Bonchev–Trinajstić information content (AvgIpc) is 2.89. The van der Waals surface area contributed by atoms with Crippen molar-refractivity contribution >= 4 is 38.6 Å². The number of halogens is 1. The number of ether oxygens (including phenoxy) is 1. The Hall–Kier alpha value is -0.360. The molecule has 0 aliphatic rings. The van der Waals surface area contributed by atoms with Gasteiger partial charge in [0.15, 0.2) is 0 Å². The summed E-state index contributed by atoms with van der Waals surface area (Å²) < 4.78 is 6.51. The molecule has 0 aliphatic heterocycles. The highest BCUT2D eigenvalue weighted by atomic mass is 79.9. The van der Waals surface area contributed by atoms with E-state index in [9.17, 15) is 0 Å².